The molecule has 1 aliphatic heterocycles. The second kappa shape index (κ2) is 9.75. The topological polar surface area (TPSA) is 79.4 Å². The van der Waals surface area contributed by atoms with Crippen molar-refractivity contribution in [1.82, 2.24) is 20.6 Å². The van der Waals surface area contributed by atoms with Crippen molar-refractivity contribution in [1.29, 1.82) is 0 Å². The SMILES string of the molecule is CCOc1ncccc1CNC(=O)NCc1cccnc1N1CCCCC1. The van der Waals surface area contributed by atoms with Gasteiger partial charge in [-0.1, -0.05) is 12.1 Å². The van der Waals surface area contributed by atoms with E-state index in [1.807, 2.05) is 37.4 Å². The largest absolute Gasteiger partial charge is 0.478 e. The van der Waals surface area contributed by atoms with E-state index in [0.29, 0.717) is 25.6 Å². The van der Waals surface area contributed by atoms with Crippen LogP contribution in [0.3, 0.4) is 0 Å². The zero-order valence-corrected chi connectivity index (χ0v) is 15.8. The Morgan fingerprint density at radius 1 is 1.04 bits per heavy atom. The average molecular weight is 369 g/mol. The maximum Gasteiger partial charge on any atom is 0.315 e. The molecule has 3 rings (SSSR count). The summed E-state index contributed by atoms with van der Waals surface area (Å²) in [5.41, 5.74) is 1.89. The summed E-state index contributed by atoms with van der Waals surface area (Å²) >= 11 is 0. The number of nitrogens with zero attached hydrogens (tertiary/aromatic N) is 3. The summed E-state index contributed by atoms with van der Waals surface area (Å²) in [6.07, 6.45) is 7.15. The van der Waals surface area contributed by atoms with Gasteiger partial charge >= 0.3 is 6.03 Å². The van der Waals surface area contributed by atoms with E-state index in [-0.39, 0.29) is 6.03 Å². The maximum absolute atomic E-state index is 12.2. The number of carbonyl (C=O) groups excluding carboxylic acids is 1. The molecule has 0 radical (unpaired) electrons. The van der Waals surface area contributed by atoms with Gasteiger partial charge in [0.25, 0.3) is 0 Å². The smallest absolute Gasteiger partial charge is 0.315 e. The van der Waals surface area contributed by atoms with E-state index >= 15 is 0 Å². The molecule has 144 valence electrons. The number of ether oxygens (including phenoxy) is 1. The lowest BCUT2D eigenvalue weighted by Gasteiger charge is -2.29. The second-order valence-corrected chi connectivity index (χ2v) is 6.47. The third-order valence-electron chi connectivity index (χ3n) is 4.53. The summed E-state index contributed by atoms with van der Waals surface area (Å²) < 4.78 is 5.48. The lowest BCUT2D eigenvalue weighted by atomic mass is 10.1. The van der Waals surface area contributed by atoms with Gasteiger partial charge in [-0.05, 0) is 38.3 Å². The highest BCUT2D eigenvalue weighted by molar-refractivity contribution is 5.74. The van der Waals surface area contributed by atoms with Crippen LogP contribution in [0, 0.1) is 0 Å². The summed E-state index contributed by atoms with van der Waals surface area (Å²) in [6.45, 7) is 5.30. The first-order valence-corrected chi connectivity index (χ1v) is 9.55. The number of anilines is 1. The summed E-state index contributed by atoms with van der Waals surface area (Å²) in [5.74, 6) is 1.53. The van der Waals surface area contributed by atoms with E-state index in [9.17, 15) is 4.79 Å². The molecule has 0 unspecified atom stereocenters. The van der Waals surface area contributed by atoms with Crippen LogP contribution in [0.15, 0.2) is 36.7 Å². The Hall–Kier alpha value is -2.83. The van der Waals surface area contributed by atoms with Crippen molar-refractivity contribution >= 4 is 11.8 Å². The molecule has 0 spiro atoms. The number of urea groups is 1. The Morgan fingerprint density at radius 2 is 1.70 bits per heavy atom. The minimum atomic E-state index is -0.227. The predicted molar refractivity (Wildman–Crippen MR) is 105 cm³/mol. The molecule has 2 aromatic rings. The van der Waals surface area contributed by atoms with Crippen LogP contribution < -0.4 is 20.3 Å². The average Bonchev–Trinajstić information content (AvgIpc) is 2.73. The standard InChI is InChI=1S/C20H27N5O2/c1-2-27-19-17(9-7-11-22-19)15-24-20(26)23-14-16-8-6-10-21-18(16)25-12-4-3-5-13-25/h6-11H,2-5,12-15H2,1H3,(H2,23,24,26). The minimum Gasteiger partial charge on any atom is -0.478 e. The normalized spacial score (nSPS) is 13.9. The van der Waals surface area contributed by atoms with Crippen LogP contribution in [0.4, 0.5) is 10.6 Å². The quantitative estimate of drug-likeness (QED) is 0.785. The number of nitrogens with one attached hydrogen (secondary N) is 2. The van der Waals surface area contributed by atoms with Crippen LogP contribution in [0.5, 0.6) is 5.88 Å². The highest BCUT2D eigenvalue weighted by atomic mass is 16.5. The van der Waals surface area contributed by atoms with Crippen LogP contribution in [-0.2, 0) is 13.1 Å². The Bertz CT molecular complexity index is 747. The molecule has 0 saturated carbocycles. The van der Waals surface area contributed by atoms with Crippen LogP contribution >= 0.6 is 0 Å². The summed E-state index contributed by atoms with van der Waals surface area (Å²) in [4.78, 5) is 23.3. The van der Waals surface area contributed by atoms with E-state index in [1.54, 1.807) is 6.20 Å². The summed E-state index contributed by atoms with van der Waals surface area (Å²) in [6, 6.07) is 7.43. The number of hydrogen-bond donors (Lipinski definition) is 2. The van der Waals surface area contributed by atoms with Gasteiger partial charge < -0.3 is 20.3 Å². The third kappa shape index (κ3) is 5.32. The van der Waals surface area contributed by atoms with Gasteiger partial charge in [0.1, 0.15) is 5.82 Å². The maximum atomic E-state index is 12.2. The molecule has 7 heteroatoms. The Morgan fingerprint density at radius 3 is 2.44 bits per heavy atom. The zero-order chi connectivity index (χ0) is 18.9. The predicted octanol–water partition coefficient (Wildman–Crippen LogP) is 2.87. The first-order valence-electron chi connectivity index (χ1n) is 9.55. The van der Waals surface area contributed by atoms with Gasteiger partial charge in [-0.3, -0.25) is 0 Å². The fourth-order valence-corrected chi connectivity index (χ4v) is 3.20. The van der Waals surface area contributed by atoms with Gasteiger partial charge in [-0.15, -0.1) is 0 Å². The summed E-state index contributed by atoms with van der Waals surface area (Å²) in [7, 11) is 0. The van der Waals surface area contributed by atoms with E-state index in [0.717, 1.165) is 30.0 Å². The van der Waals surface area contributed by atoms with Gasteiger partial charge in [-0.25, -0.2) is 14.8 Å². The van der Waals surface area contributed by atoms with Gasteiger partial charge in [0.15, 0.2) is 0 Å². The summed E-state index contributed by atoms with van der Waals surface area (Å²) in [5, 5.41) is 5.79. The fraction of sp³-hybridized carbons (Fsp3) is 0.450. The fourth-order valence-electron chi connectivity index (χ4n) is 3.20. The number of pyridine rings is 2. The number of piperidine rings is 1. The first-order chi connectivity index (χ1) is 13.3. The van der Waals surface area contributed by atoms with Crippen molar-refractivity contribution in [3.05, 3.63) is 47.8 Å². The lowest BCUT2D eigenvalue weighted by Crippen LogP contribution is -2.36. The van der Waals surface area contributed by atoms with Crippen molar-refractivity contribution < 1.29 is 9.53 Å². The Balaban J connectivity index is 1.54. The molecule has 2 amide bonds. The van der Waals surface area contributed by atoms with Crippen LogP contribution in [0.25, 0.3) is 0 Å². The molecule has 27 heavy (non-hydrogen) atoms. The van der Waals surface area contributed by atoms with E-state index < -0.39 is 0 Å². The van der Waals surface area contributed by atoms with Crippen LogP contribution in [-0.4, -0.2) is 35.7 Å². The second-order valence-electron chi connectivity index (χ2n) is 6.47. The number of hydrogen-bond acceptors (Lipinski definition) is 5. The van der Waals surface area contributed by atoms with E-state index in [4.69, 9.17) is 4.74 Å². The molecule has 0 aliphatic carbocycles. The Kier molecular flexibility index (Phi) is 6.84. The Labute approximate surface area is 160 Å². The number of aromatic nitrogens is 2. The minimum absolute atomic E-state index is 0.227. The molecule has 1 fully saturated rings. The molecule has 3 heterocycles. The zero-order valence-electron chi connectivity index (χ0n) is 15.8. The van der Waals surface area contributed by atoms with Crippen LogP contribution in [0.1, 0.15) is 37.3 Å². The lowest BCUT2D eigenvalue weighted by molar-refractivity contribution is 0.240. The van der Waals surface area contributed by atoms with Gasteiger partial charge in [0, 0.05) is 49.7 Å². The van der Waals surface area contributed by atoms with Gasteiger partial charge in [0.2, 0.25) is 5.88 Å². The number of carbonyl (C=O) groups is 1. The van der Waals surface area contributed by atoms with Gasteiger partial charge in [-0.2, -0.15) is 0 Å². The molecule has 0 atom stereocenters. The molecule has 0 bridgehead atoms. The molecule has 2 aromatic heterocycles. The van der Waals surface area contributed by atoms with E-state index in [2.05, 4.69) is 25.5 Å². The van der Waals surface area contributed by atoms with Crippen molar-refractivity contribution in [2.24, 2.45) is 0 Å². The molecular weight excluding hydrogens is 342 g/mol. The molecule has 1 saturated heterocycles. The number of rotatable bonds is 7. The highest BCUT2D eigenvalue weighted by Crippen LogP contribution is 2.21. The van der Waals surface area contributed by atoms with Gasteiger partial charge in [0.05, 0.1) is 6.61 Å². The molecule has 0 aromatic carbocycles. The van der Waals surface area contributed by atoms with E-state index in [1.165, 1.54) is 19.3 Å². The molecule has 7 nitrogen and oxygen atoms in total. The van der Waals surface area contributed by atoms with Crippen molar-refractivity contribution in [3.63, 3.8) is 0 Å². The monoisotopic (exact) mass is 369 g/mol. The highest BCUT2D eigenvalue weighted by Gasteiger charge is 2.16. The van der Waals surface area contributed by atoms with Crippen molar-refractivity contribution in [2.45, 2.75) is 39.3 Å². The van der Waals surface area contributed by atoms with Crippen LogP contribution in [0.2, 0.25) is 0 Å². The van der Waals surface area contributed by atoms with Crippen molar-refractivity contribution in [2.75, 3.05) is 24.6 Å². The number of amides is 2. The first kappa shape index (κ1) is 18.9. The third-order valence-corrected chi connectivity index (χ3v) is 4.53. The van der Waals surface area contributed by atoms with Crippen molar-refractivity contribution in [3.8, 4) is 5.88 Å². The molecule has 2 N–H and O–H groups in total. The molecule has 1 aliphatic rings. The molecular formula is C20H27N5O2.